The summed E-state index contributed by atoms with van der Waals surface area (Å²) < 4.78 is 0. The first-order valence-corrected chi connectivity index (χ1v) is 10.2. The van der Waals surface area contributed by atoms with Gasteiger partial charge in [-0.2, -0.15) is 0 Å². The van der Waals surface area contributed by atoms with Crippen LogP contribution in [-0.2, 0) is 11.3 Å². The molecule has 1 saturated heterocycles. The molecule has 0 bridgehead atoms. The molecule has 0 aromatic heterocycles. The standard InChI is InChI=1S/C21H35N5O/c1-4-22-21(24-17-18-10-12-19(13-11-18)25(2)3)23-14-8-16-26-15-7-5-6-9-20(26)27/h10-13H,4-9,14-17H2,1-3H3,(H2,22,23,24). The number of aliphatic imine (C=N–C) groups is 1. The van der Waals surface area contributed by atoms with Crippen molar-refractivity contribution < 1.29 is 4.79 Å². The van der Waals surface area contributed by atoms with Crippen LogP contribution in [0.2, 0.25) is 0 Å². The van der Waals surface area contributed by atoms with Crippen molar-refractivity contribution in [3.05, 3.63) is 29.8 Å². The molecule has 6 heteroatoms. The largest absolute Gasteiger partial charge is 0.378 e. The lowest BCUT2D eigenvalue weighted by Gasteiger charge is -2.20. The third kappa shape index (κ3) is 7.49. The van der Waals surface area contributed by atoms with E-state index in [9.17, 15) is 4.79 Å². The zero-order valence-corrected chi connectivity index (χ0v) is 17.1. The van der Waals surface area contributed by atoms with Crippen molar-refractivity contribution in [1.82, 2.24) is 15.5 Å². The van der Waals surface area contributed by atoms with Crippen LogP contribution in [0.4, 0.5) is 5.69 Å². The predicted octanol–water partition coefficient (Wildman–Crippen LogP) is 2.60. The fourth-order valence-corrected chi connectivity index (χ4v) is 3.16. The molecule has 1 aliphatic heterocycles. The molecular weight excluding hydrogens is 338 g/mol. The minimum absolute atomic E-state index is 0.314. The number of hydrogen-bond donors (Lipinski definition) is 2. The molecule has 1 amide bonds. The Bertz CT molecular complexity index is 597. The number of guanidine groups is 1. The summed E-state index contributed by atoms with van der Waals surface area (Å²) in [6, 6.07) is 8.47. The molecule has 27 heavy (non-hydrogen) atoms. The van der Waals surface area contributed by atoms with Crippen molar-refractivity contribution in [2.75, 3.05) is 45.2 Å². The highest BCUT2D eigenvalue weighted by atomic mass is 16.2. The van der Waals surface area contributed by atoms with Gasteiger partial charge in [-0.05, 0) is 43.9 Å². The summed E-state index contributed by atoms with van der Waals surface area (Å²) in [5.74, 6) is 1.14. The maximum Gasteiger partial charge on any atom is 0.222 e. The summed E-state index contributed by atoms with van der Waals surface area (Å²) >= 11 is 0. The van der Waals surface area contributed by atoms with Gasteiger partial charge in [-0.15, -0.1) is 0 Å². The van der Waals surface area contributed by atoms with Crippen LogP contribution in [0.15, 0.2) is 29.3 Å². The van der Waals surface area contributed by atoms with E-state index in [4.69, 9.17) is 0 Å². The number of benzene rings is 1. The van der Waals surface area contributed by atoms with Crippen molar-refractivity contribution >= 4 is 17.6 Å². The zero-order chi connectivity index (χ0) is 19.5. The Morgan fingerprint density at radius 2 is 1.93 bits per heavy atom. The number of nitrogens with one attached hydrogen (secondary N) is 2. The summed E-state index contributed by atoms with van der Waals surface area (Å²) in [6.45, 7) is 6.10. The molecule has 1 aliphatic rings. The van der Waals surface area contributed by atoms with E-state index >= 15 is 0 Å². The van der Waals surface area contributed by atoms with Crippen LogP contribution in [-0.4, -0.2) is 57.0 Å². The normalized spacial score (nSPS) is 15.4. The lowest BCUT2D eigenvalue weighted by molar-refractivity contribution is -0.130. The van der Waals surface area contributed by atoms with Gasteiger partial charge < -0.3 is 20.4 Å². The van der Waals surface area contributed by atoms with Gasteiger partial charge in [-0.25, -0.2) is 4.99 Å². The fourth-order valence-electron chi connectivity index (χ4n) is 3.16. The molecule has 2 rings (SSSR count). The van der Waals surface area contributed by atoms with Crippen LogP contribution in [0.25, 0.3) is 0 Å². The SMILES string of the molecule is CCNC(=NCc1ccc(N(C)C)cc1)NCCCN1CCCCCC1=O. The zero-order valence-electron chi connectivity index (χ0n) is 17.1. The molecule has 150 valence electrons. The highest BCUT2D eigenvalue weighted by Gasteiger charge is 2.15. The number of hydrogen-bond acceptors (Lipinski definition) is 3. The van der Waals surface area contributed by atoms with Gasteiger partial charge in [-0.1, -0.05) is 18.6 Å². The van der Waals surface area contributed by atoms with Crippen LogP contribution < -0.4 is 15.5 Å². The van der Waals surface area contributed by atoms with E-state index < -0.39 is 0 Å². The molecule has 1 aromatic rings. The molecular formula is C21H35N5O. The Balaban J connectivity index is 1.78. The second-order valence-electron chi connectivity index (χ2n) is 7.23. The number of nitrogens with zero attached hydrogens (tertiary/aromatic N) is 3. The topological polar surface area (TPSA) is 60.0 Å². The second kappa shape index (κ2) is 11.5. The monoisotopic (exact) mass is 373 g/mol. The van der Waals surface area contributed by atoms with Crippen molar-refractivity contribution in [3.8, 4) is 0 Å². The summed E-state index contributed by atoms with van der Waals surface area (Å²) in [5, 5.41) is 6.67. The minimum Gasteiger partial charge on any atom is -0.378 e. The number of carbonyl (C=O) groups excluding carboxylic acids is 1. The summed E-state index contributed by atoms with van der Waals surface area (Å²) in [4.78, 5) is 20.8. The molecule has 0 spiro atoms. The molecule has 1 fully saturated rings. The number of rotatable bonds is 8. The Kier molecular flexibility index (Phi) is 8.95. The molecule has 0 aliphatic carbocycles. The summed E-state index contributed by atoms with van der Waals surface area (Å²) in [7, 11) is 4.08. The van der Waals surface area contributed by atoms with E-state index in [2.05, 4.69) is 51.7 Å². The highest BCUT2D eigenvalue weighted by molar-refractivity contribution is 5.79. The van der Waals surface area contributed by atoms with Crippen molar-refractivity contribution in [3.63, 3.8) is 0 Å². The van der Waals surface area contributed by atoms with Crippen molar-refractivity contribution in [2.24, 2.45) is 4.99 Å². The van der Waals surface area contributed by atoms with Crippen LogP contribution in [0.1, 0.15) is 44.6 Å². The van der Waals surface area contributed by atoms with Gasteiger partial charge in [-0.3, -0.25) is 4.79 Å². The molecule has 0 saturated carbocycles. The van der Waals surface area contributed by atoms with Gasteiger partial charge in [0, 0.05) is 52.4 Å². The third-order valence-electron chi connectivity index (χ3n) is 4.79. The summed E-state index contributed by atoms with van der Waals surface area (Å²) in [5.41, 5.74) is 2.38. The van der Waals surface area contributed by atoms with Gasteiger partial charge in [0.05, 0.1) is 6.54 Å². The number of amides is 1. The van der Waals surface area contributed by atoms with Crippen LogP contribution >= 0.6 is 0 Å². The Hall–Kier alpha value is -2.24. The number of carbonyl (C=O) groups is 1. The fraction of sp³-hybridized carbons (Fsp3) is 0.619. The Labute approximate surface area is 164 Å². The first-order valence-electron chi connectivity index (χ1n) is 10.2. The lowest BCUT2D eigenvalue weighted by atomic mass is 10.2. The van der Waals surface area contributed by atoms with Gasteiger partial charge in [0.1, 0.15) is 0 Å². The van der Waals surface area contributed by atoms with Gasteiger partial charge >= 0.3 is 0 Å². The molecule has 6 nitrogen and oxygen atoms in total. The van der Waals surface area contributed by atoms with E-state index in [1.807, 2.05) is 19.0 Å². The number of anilines is 1. The molecule has 1 aromatic carbocycles. The maximum atomic E-state index is 12.0. The average molecular weight is 374 g/mol. The maximum absolute atomic E-state index is 12.0. The molecule has 0 radical (unpaired) electrons. The van der Waals surface area contributed by atoms with E-state index in [1.54, 1.807) is 0 Å². The van der Waals surface area contributed by atoms with Gasteiger partial charge in [0.25, 0.3) is 0 Å². The Morgan fingerprint density at radius 1 is 1.15 bits per heavy atom. The third-order valence-corrected chi connectivity index (χ3v) is 4.79. The first kappa shape index (κ1) is 21.1. The van der Waals surface area contributed by atoms with Crippen LogP contribution in [0.5, 0.6) is 0 Å². The van der Waals surface area contributed by atoms with Gasteiger partial charge in [0.15, 0.2) is 5.96 Å². The lowest BCUT2D eigenvalue weighted by Crippen LogP contribution is -2.39. The van der Waals surface area contributed by atoms with Crippen molar-refractivity contribution in [2.45, 2.75) is 45.6 Å². The van der Waals surface area contributed by atoms with Gasteiger partial charge in [0.2, 0.25) is 5.91 Å². The van der Waals surface area contributed by atoms with E-state index in [-0.39, 0.29) is 0 Å². The Morgan fingerprint density at radius 3 is 2.63 bits per heavy atom. The smallest absolute Gasteiger partial charge is 0.222 e. The molecule has 0 unspecified atom stereocenters. The van der Waals surface area contributed by atoms with Crippen LogP contribution in [0, 0.1) is 0 Å². The summed E-state index contributed by atoms with van der Waals surface area (Å²) in [6.07, 6.45) is 5.00. The molecule has 1 heterocycles. The predicted molar refractivity (Wildman–Crippen MR) is 113 cm³/mol. The molecule has 0 atom stereocenters. The number of likely N-dealkylation sites (tertiary alicyclic amines) is 1. The van der Waals surface area contributed by atoms with Crippen molar-refractivity contribution in [1.29, 1.82) is 0 Å². The minimum atomic E-state index is 0.314. The quantitative estimate of drug-likeness (QED) is 0.418. The van der Waals surface area contributed by atoms with E-state index in [0.29, 0.717) is 18.9 Å². The first-order chi connectivity index (χ1) is 13.1. The second-order valence-corrected chi connectivity index (χ2v) is 7.23. The average Bonchev–Trinajstić information content (AvgIpc) is 2.87. The van der Waals surface area contributed by atoms with E-state index in [0.717, 1.165) is 51.4 Å². The highest BCUT2D eigenvalue weighted by Crippen LogP contribution is 2.13. The van der Waals surface area contributed by atoms with Crippen LogP contribution in [0.3, 0.4) is 0 Å². The van der Waals surface area contributed by atoms with E-state index in [1.165, 1.54) is 17.7 Å². The molecule has 2 N–H and O–H groups in total.